The van der Waals surface area contributed by atoms with Crippen molar-refractivity contribution in [3.63, 3.8) is 0 Å². The Bertz CT molecular complexity index is 507. The van der Waals surface area contributed by atoms with E-state index in [4.69, 9.17) is 5.53 Å². The molecule has 0 spiro atoms. The third-order valence-electron chi connectivity index (χ3n) is 1.82. The number of amides is 1. The number of carbonyl (C=O) groups excluding carboxylic acids is 1. The third-order valence-corrected chi connectivity index (χ3v) is 1.82. The minimum Gasteiger partial charge on any atom is -0.326 e. The zero-order valence-electron chi connectivity index (χ0n) is 9.47. The van der Waals surface area contributed by atoms with Gasteiger partial charge in [-0.2, -0.15) is 0 Å². The predicted octanol–water partition coefficient (Wildman–Crippen LogP) is 2.70. The highest BCUT2D eigenvalue weighted by Crippen LogP contribution is 2.09. The standard InChI is InChI=1S/C12H12N4O/c1-10(17)15-12-7-4-6-11(9-12)5-2-3-8-14-16-13/h4,6-7,9H,3,8H2,1H3,(H,15,17). The molecule has 0 atom stereocenters. The minimum absolute atomic E-state index is 0.113. The van der Waals surface area contributed by atoms with Gasteiger partial charge in [-0.05, 0) is 23.7 Å². The van der Waals surface area contributed by atoms with E-state index in [0.29, 0.717) is 13.0 Å². The molecule has 0 bridgehead atoms. The summed E-state index contributed by atoms with van der Waals surface area (Å²) in [7, 11) is 0. The van der Waals surface area contributed by atoms with Gasteiger partial charge in [0.2, 0.25) is 5.91 Å². The number of nitrogens with one attached hydrogen (secondary N) is 1. The van der Waals surface area contributed by atoms with Crippen molar-refractivity contribution < 1.29 is 4.79 Å². The molecule has 0 radical (unpaired) electrons. The Morgan fingerprint density at radius 3 is 3.12 bits per heavy atom. The molecule has 1 amide bonds. The highest BCUT2D eigenvalue weighted by atomic mass is 16.1. The summed E-state index contributed by atoms with van der Waals surface area (Å²) in [6, 6.07) is 7.27. The maximum atomic E-state index is 10.9. The second-order valence-corrected chi connectivity index (χ2v) is 3.27. The molecule has 0 aliphatic heterocycles. The first kappa shape index (κ1) is 12.6. The lowest BCUT2D eigenvalue weighted by molar-refractivity contribution is -0.114. The van der Waals surface area contributed by atoms with Gasteiger partial charge in [-0.15, -0.1) is 0 Å². The van der Waals surface area contributed by atoms with E-state index in [9.17, 15) is 4.79 Å². The zero-order chi connectivity index (χ0) is 12.5. The van der Waals surface area contributed by atoms with Crippen LogP contribution in [-0.2, 0) is 4.79 Å². The summed E-state index contributed by atoms with van der Waals surface area (Å²) in [5.74, 6) is 5.71. The molecule has 17 heavy (non-hydrogen) atoms. The SMILES string of the molecule is CC(=O)Nc1cccc(C#CCCN=[N+]=[N-])c1. The summed E-state index contributed by atoms with van der Waals surface area (Å²) in [6.45, 7) is 1.83. The van der Waals surface area contributed by atoms with E-state index in [1.165, 1.54) is 6.92 Å². The average Bonchev–Trinajstić information content (AvgIpc) is 2.28. The highest BCUT2D eigenvalue weighted by Gasteiger charge is 1.95. The Morgan fingerprint density at radius 1 is 1.59 bits per heavy atom. The number of hydrogen-bond donors (Lipinski definition) is 1. The molecule has 1 rings (SSSR count). The monoisotopic (exact) mass is 228 g/mol. The van der Waals surface area contributed by atoms with E-state index >= 15 is 0 Å². The van der Waals surface area contributed by atoms with Gasteiger partial charge in [0.25, 0.3) is 0 Å². The van der Waals surface area contributed by atoms with Crippen molar-refractivity contribution in [3.05, 3.63) is 40.3 Å². The minimum atomic E-state index is -0.113. The number of rotatable bonds is 3. The molecule has 0 saturated heterocycles. The van der Waals surface area contributed by atoms with E-state index in [0.717, 1.165) is 11.3 Å². The van der Waals surface area contributed by atoms with Crippen LogP contribution in [-0.4, -0.2) is 12.5 Å². The molecule has 0 aromatic heterocycles. The van der Waals surface area contributed by atoms with E-state index in [1.54, 1.807) is 12.1 Å². The normalized spacial score (nSPS) is 8.53. The molecule has 1 aromatic rings. The molecular formula is C12H12N4O. The third kappa shape index (κ3) is 5.26. The van der Waals surface area contributed by atoms with Crippen molar-refractivity contribution in [2.45, 2.75) is 13.3 Å². The first-order valence-electron chi connectivity index (χ1n) is 5.10. The van der Waals surface area contributed by atoms with Crippen molar-refractivity contribution in [3.8, 4) is 11.8 Å². The quantitative estimate of drug-likeness (QED) is 0.279. The molecule has 1 aromatic carbocycles. The lowest BCUT2D eigenvalue weighted by Gasteiger charge is -2.01. The van der Waals surface area contributed by atoms with Crippen molar-refractivity contribution in [2.24, 2.45) is 5.11 Å². The first-order valence-corrected chi connectivity index (χ1v) is 5.10. The summed E-state index contributed by atoms with van der Waals surface area (Å²) in [6.07, 6.45) is 0.522. The van der Waals surface area contributed by atoms with E-state index < -0.39 is 0 Å². The van der Waals surface area contributed by atoms with Gasteiger partial charge in [0.05, 0.1) is 0 Å². The van der Waals surface area contributed by atoms with Gasteiger partial charge in [0, 0.05) is 36.1 Å². The molecule has 86 valence electrons. The van der Waals surface area contributed by atoms with Crippen LogP contribution in [0.25, 0.3) is 10.4 Å². The van der Waals surface area contributed by atoms with Crippen molar-refractivity contribution >= 4 is 11.6 Å². The summed E-state index contributed by atoms with van der Waals surface area (Å²) in [4.78, 5) is 13.5. The Balaban J connectivity index is 2.64. The van der Waals surface area contributed by atoms with Gasteiger partial charge in [-0.25, -0.2) is 0 Å². The van der Waals surface area contributed by atoms with Gasteiger partial charge in [0.15, 0.2) is 0 Å². The fraction of sp³-hybridized carbons (Fsp3) is 0.250. The van der Waals surface area contributed by atoms with Crippen LogP contribution in [0.3, 0.4) is 0 Å². The molecule has 5 heteroatoms. The molecule has 5 nitrogen and oxygen atoms in total. The number of anilines is 1. The molecule has 0 fully saturated rings. The van der Waals surface area contributed by atoms with E-state index in [-0.39, 0.29) is 5.91 Å². The molecule has 0 unspecified atom stereocenters. The van der Waals surface area contributed by atoms with Gasteiger partial charge in [0.1, 0.15) is 0 Å². The molecular weight excluding hydrogens is 216 g/mol. The summed E-state index contributed by atoms with van der Waals surface area (Å²) in [5, 5.41) is 6.06. The van der Waals surface area contributed by atoms with Crippen LogP contribution >= 0.6 is 0 Å². The van der Waals surface area contributed by atoms with Crippen LogP contribution in [0.5, 0.6) is 0 Å². The van der Waals surface area contributed by atoms with Crippen molar-refractivity contribution in [1.29, 1.82) is 0 Å². The first-order chi connectivity index (χ1) is 8.22. The lowest BCUT2D eigenvalue weighted by atomic mass is 10.2. The smallest absolute Gasteiger partial charge is 0.221 e. The lowest BCUT2D eigenvalue weighted by Crippen LogP contribution is -2.05. The number of hydrogen-bond acceptors (Lipinski definition) is 2. The van der Waals surface area contributed by atoms with Gasteiger partial charge < -0.3 is 5.32 Å². The van der Waals surface area contributed by atoms with Crippen LogP contribution in [0.1, 0.15) is 18.9 Å². The molecule has 0 saturated carbocycles. The van der Waals surface area contributed by atoms with Gasteiger partial charge in [-0.1, -0.05) is 23.0 Å². The predicted molar refractivity (Wildman–Crippen MR) is 66.3 cm³/mol. The Hall–Kier alpha value is -2.44. The fourth-order valence-corrected chi connectivity index (χ4v) is 1.19. The summed E-state index contributed by atoms with van der Waals surface area (Å²) in [5.41, 5.74) is 9.61. The van der Waals surface area contributed by atoms with Gasteiger partial charge >= 0.3 is 0 Å². The summed E-state index contributed by atoms with van der Waals surface area (Å²) >= 11 is 0. The fourth-order valence-electron chi connectivity index (χ4n) is 1.19. The van der Waals surface area contributed by atoms with Gasteiger partial charge in [-0.3, -0.25) is 4.79 Å². The topological polar surface area (TPSA) is 77.9 Å². The van der Waals surface area contributed by atoms with Crippen LogP contribution in [0.2, 0.25) is 0 Å². The molecule has 0 aliphatic rings. The maximum absolute atomic E-state index is 10.9. The van der Waals surface area contributed by atoms with Crippen LogP contribution in [0.4, 0.5) is 5.69 Å². The molecule has 0 heterocycles. The number of nitrogens with zero attached hydrogens (tertiary/aromatic N) is 3. The molecule has 1 N–H and O–H groups in total. The number of carbonyl (C=O) groups is 1. The second kappa shape index (κ2) is 6.94. The number of azide groups is 1. The van der Waals surface area contributed by atoms with Crippen LogP contribution in [0.15, 0.2) is 29.4 Å². The van der Waals surface area contributed by atoms with Crippen LogP contribution < -0.4 is 5.32 Å². The Labute approximate surface area is 99.5 Å². The average molecular weight is 228 g/mol. The zero-order valence-corrected chi connectivity index (χ0v) is 9.47. The summed E-state index contributed by atoms with van der Waals surface area (Å²) < 4.78 is 0. The van der Waals surface area contributed by atoms with Crippen LogP contribution in [0, 0.1) is 11.8 Å². The second-order valence-electron chi connectivity index (χ2n) is 3.27. The van der Waals surface area contributed by atoms with Crippen molar-refractivity contribution in [1.82, 2.24) is 0 Å². The largest absolute Gasteiger partial charge is 0.326 e. The van der Waals surface area contributed by atoms with Crippen molar-refractivity contribution in [2.75, 3.05) is 11.9 Å². The Kier molecular flexibility index (Phi) is 5.15. The number of benzene rings is 1. The van der Waals surface area contributed by atoms with E-state index in [2.05, 4.69) is 27.2 Å². The Morgan fingerprint density at radius 2 is 2.41 bits per heavy atom. The maximum Gasteiger partial charge on any atom is 0.221 e. The highest BCUT2D eigenvalue weighted by molar-refractivity contribution is 5.88. The molecule has 0 aliphatic carbocycles. The van der Waals surface area contributed by atoms with E-state index in [1.807, 2.05) is 12.1 Å².